The Balaban J connectivity index is 0.937. The highest BCUT2D eigenvalue weighted by atomic mass is 16.8. The highest BCUT2D eigenvalue weighted by molar-refractivity contribution is 5.36. The van der Waals surface area contributed by atoms with E-state index in [9.17, 15) is 66.4 Å². The summed E-state index contributed by atoms with van der Waals surface area (Å²) in [6.45, 7) is 13.4. The minimum absolute atomic E-state index is 0.0256. The first-order valence-electron chi connectivity index (χ1n) is 27.4. The van der Waals surface area contributed by atoms with Gasteiger partial charge in [0.25, 0.3) is 0 Å². The monoisotopic (exact) mass is 1070 g/mol. The fraction of sp³-hybridized carbons (Fsp3) is 0.962. The van der Waals surface area contributed by atoms with Crippen molar-refractivity contribution in [3.05, 3.63) is 12.2 Å². The average molecular weight is 1080 g/mol. The van der Waals surface area contributed by atoms with E-state index in [0.717, 1.165) is 25.7 Å². The number of aliphatic hydroxyl groups excluding tert-OH is 13. The molecule has 10 rings (SSSR count). The highest BCUT2D eigenvalue weighted by Gasteiger charge is 2.79. The van der Waals surface area contributed by atoms with Crippen molar-refractivity contribution in [1.29, 1.82) is 0 Å². The van der Waals surface area contributed by atoms with E-state index in [1.165, 1.54) is 6.92 Å². The second-order valence-corrected chi connectivity index (χ2v) is 26.1. The number of allylic oxidation sites excluding steroid dienone is 1. The predicted molar refractivity (Wildman–Crippen MR) is 256 cm³/mol. The Morgan fingerprint density at radius 2 is 1.21 bits per heavy atom. The number of hydrogen-bond donors (Lipinski definition) is 13. The van der Waals surface area contributed by atoms with Crippen LogP contribution in [0.2, 0.25) is 0 Å². The number of ether oxygens (including phenoxy) is 9. The van der Waals surface area contributed by atoms with Crippen LogP contribution in [0.1, 0.15) is 99.8 Å². The summed E-state index contributed by atoms with van der Waals surface area (Å²) < 4.78 is 56.1. The molecule has 5 aliphatic carbocycles. The van der Waals surface area contributed by atoms with E-state index in [0.29, 0.717) is 32.3 Å². The number of aliphatic hydroxyl groups is 13. The lowest BCUT2D eigenvalue weighted by molar-refractivity contribution is -0.402. The van der Waals surface area contributed by atoms with E-state index >= 15 is 0 Å². The van der Waals surface area contributed by atoms with Crippen LogP contribution >= 0.6 is 0 Å². The smallest absolute Gasteiger partial charge is 0.187 e. The van der Waals surface area contributed by atoms with Gasteiger partial charge in [-0.2, -0.15) is 0 Å². The maximum atomic E-state index is 12.3. The van der Waals surface area contributed by atoms with E-state index in [1.807, 2.05) is 6.92 Å². The van der Waals surface area contributed by atoms with Crippen LogP contribution in [0.3, 0.4) is 0 Å². The summed E-state index contributed by atoms with van der Waals surface area (Å²) in [5, 5.41) is 143. The lowest BCUT2D eigenvalue weighted by atomic mass is 9.32. The summed E-state index contributed by atoms with van der Waals surface area (Å²) in [7, 11) is 0. The zero-order chi connectivity index (χ0) is 54.3. The quantitative estimate of drug-likeness (QED) is 0.0791. The van der Waals surface area contributed by atoms with Gasteiger partial charge in [-0.1, -0.05) is 53.7 Å². The molecule has 0 aromatic rings. The van der Waals surface area contributed by atoms with Crippen LogP contribution in [0.4, 0.5) is 0 Å². The van der Waals surface area contributed by atoms with Crippen LogP contribution < -0.4 is 0 Å². The van der Waals surface area contributed by atoms with Gasteiger partial charge < -0.3 is 109 Å². The summed E-state index contributed by atoms with van der Waals surface area (Å²) in [5.74, 6) is 0.0623. The Labute approximate surface area is 437 Å². The van der Waals surface area contributed by atoms with Crippen molar-refractivity contribution in [3.8, 4) is 0 Å². The molecular formula is C53H86O22. The molecule has 4 saturated carbocycles. The largest absolute Gasteiger partial charge is 0.396 e. The standard InChI is InChI=1S/C53H86O22/c1-23-32(59)41(74-45-39(66)36(63)40(26(19-55)71-45)73-43-37(64)33(60)24(57)20-67-43)42(75-44-38(65)35(62)34(61)25(18-54)70-44)46(69-23)72-31-10-11-48(4)27(49(31,5)21-56)8-12-50(6)28(48)9-13-53-29-16-47(2,3)14-15-52(29,22-68-53)30(58)17-51(50,53)7/h9,13,23-46,54-66H,8,10-12,14-22H2,1-7H3/t23-,24-,25-,26-,27-,28-,29+,30+,31+,32+,33+,34-,35+,36-,37-,38-,39-,40-,41+,42-,43-,44-,45+,46+,48+,49+,50-,51+,52-,53+/m1/s1. The zero-order valence-electron chi connectivity index (χ0n) is 44.2. The summed E-state index contributed by atoms with van der Waals surface area (Å²) in [6.07, 6.45) is -22.2. The molecule has 0 radical (unpaired) electrons. The Bertz CT molecular complexity index is 2070. The maximum absolute atomic E-state index is 12.3. The van der Waals surface area contributed by atoms with Crippen molar-refractivity contribution < 1.29 is 109 Å². The molecule has 5 saturated heterocycles. The Kier molecular flexibility index (Phi) is 15.3. The number of hydrogen-bond acceptors (Lipinski definition) is 22. The molecule has 13 N–H and O–H groups in total. The lowest BCUT2D eigenvalue weighted by Gasteiger charge is -2.73. The van der Waals surface area contributed by atoms with Crippen molar-refractivity contribution in [3.63, 3.8) is 0 Å². The van der Waals surface area contributed by atoms with Crippen molar-refractivity contribution in [1.82, 2.24) is 0 Å². The van der Waals surface area contributed by atoms with Crippen molar-refractivity contribution in [2.45, 2.75) is 234 Å². The molecule has 1 spiro atoms. The van der Waals surface area contributed by atoms with Crippen molar-refractivity contribution in [2.24, 2.45) is 50.2 Å². The van der Waals surface area contributed by atoms with Gasteiger partial charge in [-0.05, 0) is 86.4 Å². The van der Waals surface area contributed by atoms with Crippen LogP contribution in [-0.2, 0) is 42.6 Å². The minimum Gasteiger partial charge on any atom is -0.396 e. The van der Waals surface area contributed by atoms with Gasteiger partial charge in [-0.15, -0.1) is 0 Å². The van der Waals surface area contributed by atoms with E-state index in [-0.39, 0.29) is 46.0 Å². The third-order valence-electron chi connectivity index (χ3n) is 21.8. The molecule has 0 aromatic carbocycles. The first kappa shape index (κ1) is 57.1. The van der Waals surface area contributed by atoms with Gasteiger partial charge >= 0.3 is 0 Å². The minimum atomic E-state index is -2.00. The molecule has 0 aromatic heterocycles. The van der Waals surface area contributed by atoms with Gasteiger partial charge in [-0.25, -0.2) is 0 Å². The highest BCUT2D eigenvalue weighted by Crippen LogP contribution is 2.79. The molecule has 430 valence electrons. The molecule has 9 fully saturated rings. The molecule has 0 amide bonds. The van der Waals surface area contributed by atoms with Crippen molar-refractivity contribution >= 4 is 0 Å². The average Bonchev–Trinajstić information content (AvgIpc) is 3.65. The van der Waals surface area contributed by atoms with Crippen LogP contribution in [0.5, 0.6) is 0 Å². The van der Waals surface area contributed by atoms with E-state index < -0.39 is 165 Å². The second-order valence-electron chi connectivity index (χ2n) is 26.1. The fourth-order valence-electron chi connectivity index (χ4n) is 17.0. The number of rotatable bonds is 11. The molecule has 30 atom stereocenters. The maximum Gasteiger partial charge on any atom is 0.187 e. The topological polar surface area (TPSA) is 346 Å². The van der Waals surface area contributed by atoms with Gasteiger partial charge in [0.15, 0.2) is 25.2 Å². The fourth-order valence-corrected chi connectivity index (χ4v) is 17.0. The normalized spacial score (nSPS) is 58.3. The van der Waals surface area contributed by atoms with Crippen LogP contribution in [-0.4, -0.2) is 234 Å². The summed E-state index contributed by atoms with van der Waals surface area (Å²) in [6, 6.07) is 0. The first-order chi connectivity index (χ1) is 35.2. The van der Waals surface area contributed by atoms with Gasteiger partial charge in [0.2, 0.25) is 0 Å². The first-order valence-corrected chi connectivity index (χ1v) is 27.4. The predicted octanol–water partition coefficient (Wildman–Crippen LogP) is -1.94. The third-order valence-corrected chi connectivity index (χ3v) is 21.8. The molecule has 5 heterocycles. The lowest BCUT2D eigenvalue weighted by Crippen LogP contribution is -2.72. The summed E-state index contributed by atoms with van der Waals surface area (Å²) in [4.78, 5) is 0. The van der Waals surface area contributed by atoms with Gasteiger partial charge in [0.1, 0.15) is 85.5 Å². The van der Waals surface area contributed by atoms with Gasteiger partial charge in [-0.3, -0.25) is 0 Å². The Morgan fingerprint density at radius 3 is 1.89 bits per heavy atom. The Hall–Kier alpha value is -1.14. The van der Waals surface area contributed by atoms with Crippen LogP contribution in [0.15, 0.2) is 12.2 Å². The SMILES string of the molecule is C[C@H]1O[C@@H](O[C@H]2CC[C@@]3(C)[C@@H](CC[C@]4(C)[C@@H]3C=C[C@]35OC[C@@]6(CCC(C)(C)C[C@@H]63)[C@@H](O)C[C@]54C)[C@]2(C)CO)[C@H](O[C@H]2O[C@H](CO)[C@@H](O)[C@H](O)[C@H]2O)[C@@H](O[C@@H]2O[C@H](CO)[C@@H](O[C@H]3OC[C@@H](O)[C@H](O)[C@H]3O)[C@H](O)[C@H]2O)[C@H]1O. The molecule has 10 aliphatic rings. The summed E-state index contributed by atoms with van der Waals surface area (Å²) in [5.41, 5.74) is -2.76. The van der Waals surface area contributed by atoms with Gasteiger partial charge in [0.05, 0.1) is 56.9 Å². The molecular weight excluding hydrogens is 989 g/mol. The Morgan fingerprint density at radius 1 is 0.573 bits per heavy atom. The van der Waals surface area contributed by atoms with E-state index in [2.05, 4.69) is 46.8 Å². The van der Waals surface area contributed by atoms with Gasteiger partial charge in [0, 0.05) is 22.2 Å². The van der Waals surface area contributed by atoms with Crippen molar-refractivity contribution in [2.75, 3.05) is 33.0 Å². The number of fused-ring (bicyclic) bond motifs is 4. The molecule has 22 nitrogen and oxygen atoms in total. The van der Waals surface area contributed by atoms with E-state index in [1.54, 1.807) is 0 Å². The molecule has 2 bridgehead atoms. The zero-order valence-corrected chi connectivity index (χ0v) is 44.2. The third kappa shape index (κ3) is 8.55. The second kappa shape index (κ2) is 20.1. The van der Waals surface area contributed by atoms with Crippen LogP contribution in [0, 0.1) is 50.2 Å². The molecule has 22 heteroatoms. The van der Waals surface area contributed by atoms with E-state index in [4.69, 9.17) is 42.6 Å². The molecule has 75 heavy (non-hydrogen) atoms. The summed E-state index contributed by atoms with van der Waals surface area (Å²) >= 11 is 0. The van der Waals surface area contributed by atoms with Crippen LogP contribution in [0.25, 0.3) is 0 Å². The molecule has 0 unspecified atom stereocenters. The molecule has 5 aliphatic heterocycles.